The Morgan fingerprint density at radius 3 is 2.29 bits per heavy atom. The second kappa shape index (κ2) is 13.6. The van der Waals surface area contributed by atoms with Gasteiger partial charge in [-0.1, -0.05) is 43.9 Å². The number of thiol groups is 1. The molecule has 35 heavy (non-hydrogen) atoms. The number of hydrogen-bond acceptors (Lipinski definition) is 7. The minimum atomic E-state index is -4.02. The van der Waals surface area contributed by atoms with E-state index in [1.165, 1.54) is 40.7 Å². The quantitative estimate of drug-likeness (QED) is 0.202. The second-order valence-electron chi connectivity index (χ2n) is 7.65. The van der Waals surface area contributed by atoms with Crippen molar-refractivity contribution in [3.05, 3.63) is 59.7 Å². The highest BCUT2D eigenvalue weighted by atomic mass is 32.2. The molecule has 0 heterocycles. The van der Waals surface area contributed by atoms with E-state index >= 15 is 0 Å². The van der Waals surface area contributed by atoms with E-state index in [0.717, 1.165) is 18.4 Å². The highest BCUT2D eigenvalue weighted by Crippen LogP contribution is 2.13. The third-order valence-corrected chi connectivity index (χ3v) is 6.45. The Balaban J connectivity index is 1.75. The van der Waals surface area contributed by atoms with Crippen LogP contribution in [0.3, 0.4) is 0 Å². The van der Waals surface area contributed by atoms with Crippen LogP contribution >= 0.6 is 12.8 Å². The molecule has 12 heteroatoms. The van der Waals surface area contributed by atoms with Crippen LogP contribution in [0.25, 0.3) is 0 Å². The molecule has 0 saturated heterocycles. The van der Waals surface area contributed by atoms with Crippen LogP contribution in [0.15, 0.2) is 53.4 Å². The van der Waals surface area contributed by atoms with Gasteiger partial charge in [0, 0.05) is 18.8 Å². The number of aryl methyl sites for hydroxylation is 1. The minimum absolute atomic E-state index is 0.0321. The molecule has 0 spiro atoms. The number of hydrogen-bond donors (Lipinski definition) is 4. The Morgan fingerprint density at radius 2 is 1.66 bits per heavy atom. The Kier molecular flexibility index (Phi) is 10.9. The van der Waals surface area contributed by atoms with Gasteiger partial charge in [-0.2, -0.15) is 0 Å². The third kappa shape index (κ3) is 9.49. The van der Waals surface area contributed by atoms with Gasteiger partial charge in [0.1, 0.15) is 0 Å². The average Bonchev–Trinajstić information content (AvgIpc) is 2.82. The number of esters is 1. The molecule has 10 nitrogen and oxygen atoms in total. The molecule has 0 aliphatic rings. The number of sulfonamides is 1. The molecular weight excluding hydrogens is 492 g/mol. The number of carbonyl (C=O) groups excluding carboxylic acids is 3. The Hall–Kier alpha value is -3.25. The molecule has 4 amide bonds. The first-order chi connectivity index (χ1) is 16.6. The molecule has 0 radical (unpaired) electrons. The van der Waals surface area contributed by atoms with E-state index in [4.69, 9.17) is 4.74 Å². The zero-order chi connectivity index (χ0) is 25.8. The maximum absolute atomic E-state index is 12.3. The highest BCUT2D eigenvalue weighted by Gasteiger charge is 2.17. The first-order valence-corrected chi connectivity index (χ1v) is 12.9. The summed E-state index contributed by atoms with van der Waals surface area (Å²) in [6.07, 6.45) is 2.25. The van der Waals surface area contributed by atoms with Gasteiger partial charge in [0.2, 0.25) is 0 Å². The normalized spacial score (nSPS) is 10.8. The summed E-state index contributed by atoms with van der Waals surface area (Å²) < 4.78 is 33.0. The molecule has 3 N–H and O–H groups in total. The predicted octanol–water partition coefficient (Wildman–Crippen LogP) is 3.71. The summed E-state index contributed by atoms with van der Waals surface area (Å²) in [6.45, 7) is 4.84. The molecule has 0 bridgehead atoms. The smallest absolute Gasteiger partial charge is 0.338 e. The lowest BCUT2D eigenvalue weighted by Crippen LogP contribution is -2.35. The molecule has 0 aliphatic heterocycles. The van der Waals surface area contributed by atoms with E-state index in [9.17, 15) is 22.8 Å². The molecule has 0 aromatic heterocycles. The van der Waals surface area contributed by atoms with Crippen molar-refractivity contribution < 1.29 is 27.5 Å². The maximum atomic E-state index is 12.3. The van der Waals surface area contributed by atoms with Crippen LogP contribution in [0.1, 0.15) is 42.1 Å². The van der Waals surface area contributed by atoms with Gasteiger partial charge in [-0.25, -0.2) is 27.5 Å². The van der Waals surface area contributed by atoms with Crippen molar-refractivity contribution in [1.82, 2.24) is 14.3 Å². The van der Waals surface area contributed by atoms with Crippen LogP contribution in [0.2, 0.25) is 0 Å². The molecule has 2 aromatic rings. The van der Waals surface area contributed by atoms with Gasteiger partial charge < -0.3 is 15.4 Å². The monoisotopic (exact) mass is 522 g/mol. The fourth-order valence-corrected chi connectivity index (χ4v) is 3.88. The number of ether oxygens (including phenoxy) is 1. The van der Waals surface area contributed by atoms with Gasteiger partial charge in [-0.05, 0) is 56.2 Å². The van der Waals surface area contributed by atoms with Crippen molar-refractivity contribution in [3.63, 3.8) is 0 Å². The predicted molar refractivity (Wildman–Crippen MR) is 136 cm³/mol. The van der Waals surface area contributed by atoms with Crippen molar-refractivity contribution in [2.45, 2.75) is 38.0 Å². The van der Waals surface area contributed by atoms with Gasteiger partial charge in [0.05, 0.1) is 17.1 Å². The number of nitrogens with one attached hydrogen (secondary N) is 3. The van der Waals surface area contributed by atoms with E-state index in [-0.39, 0.29) is 23.1 Å². The van der Waals surface area contributed by atoms with E-state index in [1.54, 1.807) is 12.1 Å². The zero-order valence-electron chi connectivity index (χ0n) is 19.6. The van der Waals surface area contributed by atoms with Crippen LogP contribution in [0, 0.1) is 6.92 Å². The number of rotatable bonds is 11. The largest absolute Gasteiger partial charge is 0.462 e. The van der Waals surface area contributed by atoms with Crippen LogP contribution in [-0.4, -0.2) is 50.5 Å². The van der Waals surface area contributed by atoms with Gasteiger partial charge in [0.15, 0.2) is 0 Å². The molecular formula is C23H30N4O6S2. The van der Waals surface area contributed by atoms with Crippen LogP contribution in [0.5, 0.6) is 0 Å². The number of benzene rings is 2. The summed E-state index contributed by atoms with van der Waals surface area (Å²) in [6, 6.07) is 10.6. The summed E-state index contributed by atoms with van der Waals surface area (Å²) in [5.41, 5.74) is 1.44. The first kappa shape index (κ1) is 28.0. The molecule has 2 aromatic carbocycles. The summed E-state index contributed by atoms with van der Waals surface area (Å²) >= 11 is 4.11. The van der Waals surface area contributed by atoms with Crippen LogP contribution in [0.4, 0.5) is 15.3 Å². The van der Waals surface area contributed by atoms with Crippen molar-refractivity contribution >= 4 is 46.6 Å². The molecule has 0 atom stereocenters. The lowest BCUT2D eigenvalue weighted by atomic mass is 10.2. The molecule has 0 fully saturated rings. The van der Waals surface area contributed by atoms with Gasteiger partial charge in [0.25, 0.3) is 10.0 Å². The minimum Gasteiger partial charge on any atom is -0.462 e. The number of urea groups is 2. The van der Waals surface area contributed by atoms with Crippen molar-refractivity contribution in [2.75, 3.05) is 25.0 Å². The Labute approximate surface area is 211 Å². The topological polar surface area (TPSA) is 134 Å². The van der Waals surface area contributed by atoms with E-state index in [2.05, 4.69) is 23.4 Å². The van der Waals surface area contributed by atoms with E-state index in [1.807, 2.05) is 18.6 Å². The highest BCUT2D eigenvalue weighted by molar-refractivity contribution is 7.90. The molecule has 0 saturated carbocycles. The average molecular weight is 523 g/mol. The summed E-state index contributed by atoms with van der Waals surface area (Å²) in [4.78, 5) is 36.0. The molecule has 190 valence electrons. The number of carbonyl (C=O) groups is 3. The Bertz CT molecular complexity index is 1110. The van der Waals surface area contributed by atoms with Crippen molar-refractivity contribution in [2.24, 2.45) is 0 Å². The number of nitrogens with zero attached hydrogens (tertiary/aromatic N) is 1. The van der Waals surface area contributed by atoms with Crippen molar-refractivity contribution in [1.29, 1.82) is 0 Å². The Morgan fingerprint density at radius 1 is 1.00 bits per heavy atom. The van der Waals surface area contributed by atoms with Gasteiger partial charge in [-0.3, -0.25) is 4.31 Å². The molecule has 0 unspecified atom stereocenters. The van der Waals surface area contributed by atoms with Gasteiger partial charge >= 0.3 is 18.0 Å². The second-order valence-corrected chi connectivity index (χ2v) is 9.81. The molecule has 0 aliphatic carbocycles. The van der Waals surface area contributed by atoms with Gasteiger partial charge in [-0.15, -0.1) is 0 Å². The zero-order valence-corrected chi connectivity index (χ0v) is 21.3. The lowest BCUT2D eigenvalue weighted by Gasteiger charge is -2.15. The maximum Gasteiger partial charge on any atom is 0.338 e. The fourth-order valence-electron chi connectivity index (χ4n) is 2.76. The first-order valence-electron chi connectivity index (χ1n) is 11.0. The molecule has 2 rings (SSSR count). The fraction of sp³-hybridized carbons (Fsp3) is 0.348. The lowest BCUT2D eigenvalue weighted by molar-refractivity contribution is 0.0501. The van der Waals surface area contributed by atoms with E-state index < -0.39 is 22.0 Å². The summed E-state index contributed by atoms with van der Waals surface area (Å²) in [5, 5.41) is 5.10. The van der Waals surface area contributed by atoms with E-state index in [0.29, 0.717) is 25.2 Å². The van der Waals surface area contributed by atoms with Crippen molar-refractivity contribution in [3.8, 4) is 0 Å². The van der Waals surface area contributed by atoms with Crippen LogP contribution in [-0.2, 0) is 14.8 Å². The van der Waals surface area contributed by atoms with Crippen LogP contribution < -0.4 is 15.4 Å². The SMILES string of the molecule is CCCCN(S)C(=O)NCCCOC(=O)c1ccc(NC(=O)NS(=O)(=O)c2ccc(C)cc2)cc1. The number of unbranched alkanes of at least 4 members (excludes halogenated alkanes) is 1. The number of anilines is 1. The number of amides is 4. The third-order valence-electron chi connectivity index (χ3n) is 4.73. The summed E-state index contributed by atoms with van der Waals surface area (Å²) in [5.74, 6) is -0.562. The standard InChI is InChI=1S/C23H30N4O6S2/c1-3-4-15-27(34)23(30)24-14-5-16-33-21(28)18-8-10-19(11-9-18)25-22(29)26-35(31,32)20-12-6-17(2)7-13-20/h6-13,34H,3-5,14-16H2,1-2H3,(H,24,30)(H2,25,26,29). The summed E-state index contributed by atoms with van der Waals surface area (Å²) in [7, 11) is -4.02.